The van der Waals surface area contributed by atoms with Crippen LogP contribution in [0.3, 0.4) is 0 Å². The number of rotatable bonds is 5. The molecule has 1 saturated carbocycles. The minimum absolute atomic E-state index is 0.134. The van der Waals surface area contributed by atoms with Gasteiger partial charge in [-0.15, -0.1) is 11.3 Å². The molecule has 0 bridgehead atoms. The average molecular weight is 344 g/mol. The monoisotopic (exact) mass is 344 g/mol. The van der Waals surface area contributed by atoms with Crippen LogP contribution in [0.1, 0.15) is 23.4 Å². The van der Waals surface area contributed by atoms with Crippen LogP contribution in [0, 0.1) is 5.92 Å². The van der Waals surface area contributed by atoms with Crippen molar-refractivity contribution in [2.24, 2.45) is 5.92 Å². The summed E-state index contributed by atoms with van der Waals surface area (Å²) in [6.07, 6.45) is 4.68. The standard InChI is InChI=1S/C18H20N2O3S/c1-22-15-4-2-3-12-9-13(11-23-17(12)15)18(21)20(14-5-6-14)10-16-19-7-8-24-16/h2-4,7-8,13-14H,5-6,9-11H2,1H3/t13-/m1/s1. The predicted octanol–water partition coefficient (Wildman–Crippen LogP) is 2.89. The van der Waals surface area contributed by atoms with Gasteiger partial charge in [-0.2, -0.15) is 0 Å². The molecule has 1 aliphatic heterocycles. The van der Waals surface area contributed by atoms with Crippen LogP contribution in [0.15, 0.2) is 29.8 Å². The number of methoxy groups -OCH3 is 1. The Morgan fingerprint density at radius 2 is 2.33 bits per heavy atom. The highest BCUT2D eigenvalue weighted by molar-refractivity contribution is 7.09. The van der Waals surface area contributed by atoms with Crippen molar-refractivity contribution in [2.75, 3.05) is 13.7 Å². The molecule has 4 rings (SSSR count). The summed E-state index contributed by atoms with van der Waals surface area (Å²) in [7, 11) is 1.64. The van der Waals surface area contributed by atoms with E-state index in [1.165, 1.54) is 0 Å². The molecule has 2 aliphatic rings. The maximum absolute atomic E-state index is 13.1. The Morgan fingerprint density at radius 1 is 1.46 bits per heavy atom. The fraction of sp³-hybridized carbons (Fsp3) is 0.444. The summed E-state index contributed by atoms with van der Waals surface area (Å²) in [5.74, 6) is 1.56. The van der Waals surface area contributed by atoms with Gasteiger partial charge in [-0.1, -0.05) is 12.1 Å². The van der Waals surface area contributed by atoms with Crippen LogP contribution >= 0.6 is 11.3 Å². The first kappa shape index (κ1) is 15.4. The lowest BCUT2D eigenvalue weighted by Gasteiger charge is -2.30. The Hall–Kier alpha value is -2.08. The molecule has 24 heavy (non-hydrogen) atoms. The summed E-state index contributed by atoms with van der Waals surface area (Å²) in [5.41, 5.74) is 1.05. The summed E-state index contributed by atoms with van der Waals surface area (Å²) in [4.78, 5) is 19.4. The van der Waals surface area contributed by atoms with E-state index in [2.05, 4.69) is 4.98 Å². The van der Waals surface area contributed by atoms with Gasteiger partial charge in [0.2, 0.25) is 5.91 Å². The number of aromatic nitrogens is 1. The number of fused-ring (bicyclic) bond motifs is 1. The summed E-state index contributed by atoms with van der Waals surface area (Å²) < 4.78 is 11.2. The van der Waals surface area contributed by atoms with Gasteiger partial charge < -0.3 is 14.4 Å². The van der Waals surface area contributed by atoms with Crippen molar-refractivity contribution in [3.8, 4) is 11.5 Å². The molecular formula is C18H20N2O3S. The Morgan fingerprint density at radius 3 is 3.04 bits per heavy atom. The van der Waals surface area contributed by atoms with Crippen molar-refractivity contribution in [1.29, 1.82) is 0 Å². The molecule has 126 valence electrons. The molecular weight excluding hydrogens is 324 g/mol. The van der Waals surface area contributed by atoms with Crippen LogP contribution in [0.2, 0.25) is 0 Å². The number of amides is 1. The molecule has 2 aromatic rings. The molecule has 0 saturated heterocycles. The zero-order valence-electron chi connectivity index (χ0n) is 13.6. The molecule has 0 unspecified atom stereocenters. The van der Waals surface area contributed by atoms with Crippen LogP contribution in [0.4, 0.5) is 0 Å². The first-order chi connectivity index (χ1) is 11.8. The molecule has 0 spiro atoms. The second-order valence-electron chi connectivity index (χ2n) is 6.28. The predicted molar refractivity (Wildman–Crippen MR) is 91.4 cm³/mol. The normalized spacial score (nSPS) is 19.3. The number of ether oxygens (including phenoxy) is 2. The lowest BCUT2D eigenvalue weighted by atomic mass is 9.95. The molecule has 2 heterocycles. The van der Waals surface area contributed by atoms with E-state index in [4.69, 9.17) is 9.47 Å². The molecule has 0 radical (unpaired) electrons. The minimum Gasteiger partial charge on any atom is -0.493 e. The second kappa shape index (κ2) is 6.43. The third-order valence-electron chi connectivity index (χ3n) is 4.58. The lowest BCUT2D eigenvalue weighted by molar-refractivity contribution is -0.138. The maximum atomic E-state index is 13.1. The fourth-order valence-corrected chi connectivity index (χ4v) is 3.81. The van der Waals surface area contributed by atoms with Gasteiger partial charge >= 0.3 is 0 Å². The van der Waals surface area contributed by atoms with Gasteiger partial charge in [-0.3, -0.25) is 4.79 Å². The van der Waals surface area contributed by atoms with Crippen molar-refractivity contribution >= 4 is 17.2 Å². The van der Waals surface area contributed by atoms with Gasteiger partial charge in [0.25, 0.3) is 0 Å². The first-order valence-electron chi connectivity index (χ1n) is 8.24. The van der Waals surface area contributed by atoms with Crippen LogP contribution in [-0.2, 0) is 17.8 Å². The molecule has 0 N–H and O–H groups in total. The number of carbonyl (C=O) groups excluding carboxylic acids is 1. The van der Waals surface area contributed by atoms with Gasteiger partial charge in [0.05, 0.1) is 19.6 Å². The smallest absolute Gasteiger partial charge is 0.230 e. The number of thiazole rings is 1. The van der Waals surface area contributed by atoms with E-state index < -0.39 is 0 Å². The third-order valence-corrected chi connectivity index (χ3v) is 5.35. The van der Waals surface area contributed by atoms with Gasteiger partial charge in [0.15, 0.2) is 11.5 Å². The topological polar surface area (TPSA) is 51.7 Å². The van der Waals surface area contributed by atoms with Crippen molar-refractivity contribution in [3.05, 3.63) is 40.3 Å². The number of carbonyl (C=O) groups is 1. The van der Waals surface area contributed by atoms with E-state index in [-0.39, 0.29) is 11.8 Å². The van der Waals surface area contributed by atoms with Crippen molar-refractivity contribution in [3.63, 3.8) is 0 Å². The van der Waals surface area contributed by atoms with Gasteiger partial charge in [0.1, 0.15) is 11.6 Å². The number of benzene rings is 1. The Balaban J connectivity index is 1.51. The zero-order chi connectivity index (χ0) is 16.5. The highest BCUT2D eigenvalue weighted by Crippen LogP contribution is 2.38. The Kier molecular flexibility index (Phi) is 4.14. The van der Waals surface area contributed by atoms with E-state index in [9.17, 15) is 4.79 Å². The first-order valence-corrected chi connectivity index (χ1v) is 9.11. The average Bonchev–Trinajstić information content (AvgIpc) is 3.33. The lowest BCUT2D eigenvalue weighted by Crippen LogP contribution is -2.41. The summed E-state index contributed by atoms with van der Waals surface area (Å²) in [6, 6.07) is 6.22. The molecule has 5 nitrogen and oxygen atoms in total. The summed E-state index contributed by atoms with van der Waals surface area (Å²) in [6.45, 7) is 1.02. The van der Waals surface area contributed by atoms with Gasteiger partial charge in [0, 0.05) is 17.6 Å². The maximum Gasteiger partial charge on any atom is 0.230 e. The number of hydrogen-bond donors (Lipinski definition) is 0. The van der Waals surface area contributed by atoms with Crippen molar-refractivity contribution in [1.82, 2.24) is 9.88 Å². The van der Waals surface area contributed by atoms with Crippen LogP contribution < -0.4 is 9.47 Å². The Labute approximate surface area is 145 Å². The number of nitrogens with zero attached hydrogens (tertiary/aromatic N) is 2. The molecule has 6 heteroatoms. The van der Waals surface area contributed by atoms with E-state index in [0.29, 0.717) is 25.6 Å². The SMILES string of the molecule is COc1cccc2c1OC[C@H](C(=O)N(Cc1nccs1)C1CC1)C2. The van der Waals surface area contributed by atoms with Crippen LogP contribution in [0.5, 0.6) is 11.5 Å². The van der Waals surface area contributed by atoms with E-state index >= 15 is 0 Å². The second-order valence-corrected chi connectivity index (χ2v) is 7.26. The van der Waals surface area contributed by atoms with Crippen LogP contribution in [-0.4, -0.2) is 35.5 Å². The van der Waals surface area contributed by atoms with Crippen molar-refractivity contribution < 1.29 is 14.3 Å². The number of hydrogen-bond acceptors (Lipinski definition) is 5. The number of para-hydroxylation sites is 1. The van der Waals surface area contributed by atoms with Gasteiger partial charge in [-0.05, 0) is 30.9 Å². The zero-order valence-corrected chi connectivity index (χ0v) is 14.4. The fourth-order valence-electron chi connectivity index (χ4n) is 3.20. The van der Waals surface area contributed by atoms with Gasteiger partial charge in [-0.25, -0.2) is 4.98 Å². The van der Waals surface area contributed by atoms with E-state index in [1.54, 1.807) is 24.6 Å². The minimum atomic E-state index is -0.134. The summed E-state index contributed by atoms with van der Waals surface area (Å²) >= 11 is 1.60. The van der Waals surface area contributed by atoms with Crippen molar-refractivity contribution in [2.45, 2.75) is 31.8 Å². The molecule has 1 aromatic heterocycles. The largest absolute Gasteiger partial charge is 0.493 e. The molecule has 1 fully saturated rings. The quantitative estimate of drug-likeness (QED) is 0.837. The molecule has 1 amide bonds. The molecule has 1 aromatic carbocycles. The third kappa shape index (κ3) is 2.98. The van der Waals surface area contributed by atoms with Crippen LogP contribution in [0.25, 0.3) is 0 Å². The Bertz CT molecular complexity index is 728. The molecule has 1 aliphatic carbocycles. The summed E-state index contributed by atoms with van der Waals surface area (Å²) in [5, 5.41) is 2.95. The van der Waals surface area contributed by atoms with E-state index in [0.717, 1.165) is 34.9 Å². The molecule has 1 atom stereocenters. The van der Waals surface area contributed by atoms with E-state index in [1.807, 2.05) is 28.5 Å². The highest BCUT2D eigenvalue weighted by atomic mass is 32.1. The highest BCUT2D eigenvalue weighted by Gasteiger charge is 2.38.